The molecule has 3 rings (SSSR count). The highest BCUT2D eigenvalue weighted by Gasteiger charge is 2.20. The molecule has 144 valence electrons. The van der Waals surface area contributed by atoms with Crippen LogP contribution in [0.25, 0.3) is 0 Å². The molecule has 0 saturated heterocycles. The maximum atomic E-state index is 11.8. The van der Waals surface area contributed by atoms with Gasteiger partial charge in [-0.1, -0.05) is 36.4 Å². The lowest BCUT2D eigenvalue weighted by Gasteiger charge is -2.14. The molecule has 1 unspecified atom stereocenters. The lowest BCUT2D eigenvalue weighted by atomic mass is 9.92. The third kappa shape index (κ3) is 4.62. The minimum atomic E-state index is -0.862. The highest BCUT2D eigenvalue weighted by atomic mass is 16.5. The summed E-state index contributed by atoms with van der Waals surface area (Å²) in [7, 11) is 3.18. The number of methoxy groups -OCH3 is 2. The summed E-state index contributed by atoms with van der Waals surface area (Å²) in [6.45, 7) is 0. The molecule has 5 nitrogen and oxygen atoms in total. The van der Waals surface area contributed by atoms with Crippen LogP contribution in [0.2, 0.25) is 0 Å². The molecular formula is C23H22O5. The van der Waals surface area contributed by atoms with Gasteiger partial charge in [0, 0.05) is 0 Å². The summed E-state index contributed by atoms with van der Waals surface area (Å²) in [6.07, 6.45) is 0.386. The Hall–Kier alpha value is -3.47. The van der Waals surface area contributed by atoms with Crippen LogP contribution in [0.4, 0.5) is 0 Å². The van der Waals surface area contributed by atoms with Gasteiger partial charge in [0.25, 0.3) is 0 Å². The topological polar surface area (TPSA) is 65.0 Å². The second-order valence-corrected chi connectivity index (χ2v) is 6.26. The molecule has 0 bridgehead atoms. The molecule has 28 heavy (non-hydrogen) atoms. The Balaban J connectivity index is 1.73. The van der Waals surface area contributed by atoms with Gasteiger partial charge in [0.15, 0.2) is 11.5 Å². The lowest BCUT2D eigenvalue weighted by molar-refractivity contribution is -0.138. The maximum absolute atomic E-state index is 11.8. The fourth-order valence-electron chi connectivity index (χ4n) is 2.94. The lowest BCUT2D eigenvalue weighted by Crippen LogP contribution is -2.14. The van der Waals surface area contributed by atoms with Crippen LogP contribution in [0.15, 0.2) is 72.8 Å². The van der Waals surface area contributed by atoms with E-state index in [0.717, 1.165) is 11.1 Å². The highest BCUT2D eigenvalue weighted by molar-refractivity contribution is 5.76. The van der Waals surface area contributed by atoms with E-state index < -0.39 is 11.9 Å². The molecular weight excluding hydrogens is 356 g/mol. The number of ether oxygens (including phenoxy) is 3. The second-order valence-electron chi connectivity index (χ2n) is 6.26. The number of hydrogen-bond donors (Lipinski definition) is 1. The summed E-state index contributed by atoms with van der Waals surface area (Å²) in [5.74, 6) is 1.14. The van der Waals surface area contributed by atoms with Crippen molar-refractivity contribution < 1.29 is 24.1 Å². The molecule has 0 saturated carbocycles. The van der Waals surface area contributed by atoms with Crippen molar-refractivity contribution in [2.75, 3.05) is 14.2 Å². The molecule has 0 aliphatic rings. The van der Waals surface area contributed by atoms with Gasteiger partial charge in [-0.2, -0.15) is 0 Å². The Morgan fingerprint density at radius 3 is 2.00 bits per heavy atom. The van der Waals surface area contributed by atoms with E-state index >= 15 is 0 Å². The molecule has 0 amide bonds. The van der Waals surface area contributed by atoms with Crippen LogP contribution in [0.3, 0.4) is 0 Å². The summed E-state index contributed by atoms with van der Waals surface area (Å²) in [4.78, 5) is 11.8. The number of hydrogen-bond acceptors (Lipinski definition) is 4. The molecule has 3 aromatic carbocycles. The van der Waals surface area contributed by atoms with Gasteiger partial charge in [0.2, 0.25) is 0 Å². The highest BCUT2D eigenvalue weighted by Crippen LogP contribution is 2.31. The van der Waals surface area contributed by atoms with Crippen LogP contribution in [-0.2, 0) is 11.2 Å². The van der Waals surface area contributed by atoms with Crippen molar-refractivity contribution >= 4 is 5.97 Å². The molecule has 0 aliphatic carbocycles. The summed E-state index contributed by atoms with van der Waals surface area (Å²) in [5, 5.41) is 9.65. The molecule has 1 N–H and O–H groups in total. The Morgan fingerprint density at radius 1 is 0.821 bits per heavy atom. The Morgan fingerprint density at radius 2 is 1.43 bits per heavy atom. The number of carbonyl (C=O) groups is 1. The van der Waals surface area contributed by atoms with Gasteiger partial charge in [-0.3, -0.25) is 4.79 Å². The molecule has 1 atom stereocenters. The average molecular weight is 378 g/mol. The van der Waals surface area contributed by atoms with Gasteiger partial charge in [-0.25, -0.2) is 0 Å². The van der Waals surface area contributed by atoms with Gasteiger partial charge < -0.3 is 19.3 Å². The Kier molecular flexibility index (Phi) is 6.17. The van der Waals surface area contributed by atoms with E-state index in [1.54, 1.807) is 38.5 Å². The normalized spacial score (nSPS) is 11.5. The van der Waals surface area contributed by atoms with E-state index in [9.17, 15) is 9.90 Å². The number of para-hydroxylation sites is 2. The standard InChI is InChI=1S/C23H22O5/c1-26-18-13-9-17(10-14-18)20(23(24)25)15-16-7-11-19(12-8-16)28-22-6-4-3-5-21(22)27-2/h3-14,20H,15H2,1-2H3,(H,24,25). The minimum Gasteiger partial charge on any atom is -0.497 e. The predicted molar refractivity (Wildman–Crippen MR) is 107 cm³/mol. The number of carboxylic acid groups (broad SMARTS) is 1. The van der Waals surface area contributed by atoms with Crippen molar-refractivity contribution in [1.29, 1.82) is 0 Å². The molecule has 3 aromatic rings. The zero-order valence-electron chi connectivity index (χ0n) is 15.8. The van der Waals surface area contributed by atoms with Crippen molar-refractivity contribution in [2.24, 2.45) is 0 Å². The van der Waals surface area contributed by atoms with Crippen molar-refractivity contribution in [1.82, 2.24) is 0 Å². The zero-order valence-corrected chi connectivity index (χ0v) is 15.8. The van der Waals surface area contributed by atoms with Gasteiger partial charge in [0.1, 0.15) is 11.5 Å². The summed E-state index contributed by atoms with van der Waals surface area (Å²) >= 11 is 0. The first-order chi connectivity index (χ1) is 13.6. The van der Waals surface area contributed by atoms with Crippen molar-refractivity contribution in [2.45, 2.75) is 12.3 Å². The smallest absolute Gasteiger partial charge is 0.311 e. The third-order valence-electron chi connectivity index (χ3n) is 4.48. The van der Waals surface area contributed by atoms with Crippen LogP contribution in [-0.4, -0.2) is 25.3 Å². The zero-order chi connectivity index (χ0) is 19.9. The fraction of sp³-hybridized carbons (Fsp3) is 0.174. The number of benzene rings is 3. The van der Waals surface area contributed by atoms with E-state index in [1.807, 2.05) is 48.5 Å². The van der Waals surface area contributed by atoms with E-state index in [0.29, 0.717) is 29.4 Å². The SMILES string of the molecule is COc1ccc(C(Cc2ccc(Oc3ccccc3OC)cc2)C(=O)O)cc1. The average Bonchev–Trinajstić information content (AvgIpc) is 2.73. The first-order valence-corrected chi connectivity index (χ1v) is 8.87. The molecule has 0 fully saturated rings. The van der Waals surface area contributed by atoms with Crippen molar-refractivity contribution in [3.63, 3.8) is 0 Å². The van der Waals surface area contributed by atoms with Crippen LogP contribution < -0.4 is 14.2 Å². The monoisotopic (exact) mass is 378 g/mol. The number of carboxylic acids is 1. The Labute approximate surface area is 164 Å². The predicted octanol–water partition coefficient (Wildman–Crippen LogP) is 4.91. The third-order valence-corrected chi connectivity index (χ3v) is 4.48. The van der Waals surface area contributed by atoms with Gasteiger partial charge in [-0.05, 0) is 53.9 Å². The van der Waals surface area contributed by atoms with Gasteiger partial charge in [-0.15, -0.1) is 0 Å². The molecule has 5 heteroatoms. The molecule has 0 aromatic heterocycles. The van der Waals surface area contributed by atoms with Crippen LogP contribution in [0.1, 0.15) is 17.0 Å². The van der Waals surface area contributed by atoms with Crippen molar-refractivity contribution in [3.8, 4) is 23.0 Å². The van der Waals surface area contributed by atoms with Crippen LogP contribution >= 0.6 is 0 Å². The van der Waals surface area contributed by atoms with E-state index in [2.05, 4.69) is 0 Å². The van der Waals surface area contributed by atoms with Crippen LogP contribution in [0.5, 0.6) is 23.0 Å². The minimum absolute atomic E-state index is 0.386. The molecule has 0 aliphatic heterocycles. The van der Waals surface area contributed by atoms with Gasteiger partial charge >= 0.3 is 5.97 Å². The Bertz CT molecular complexity index is 916. The largest absolute Gasteiger partial charge is 0.497 e. The first-order valence-electron chi connectivity index (χ1n) is 8.87. The summed E-state index contributed by atoms with van der Waals surface area (Å²) < 4.78 is 16.3. The van der Waals surface area contributed by atoms with Crippen LogP contribution in [0, 0.1) is 0 Å². The maximum Gasteiger partial charge on any atom is 0.311 e. The van der Waals surface area contributed by atoms with Gasteiger partial charge in [0.05, 0.1) is 20.1 Å². The second kappa shape index (κ2) is 8.95. The van der Waals surface area contributed by atoms with E-state index in [4.69, 9.17) is 14.2 Å². The number of rotatable bonds is 8. The first kappa shape index (κ1) is 19.3. The van der Waals surface area contributed by atoms with E-state index in [-0.39, 0.29) is 0 Å². The van der Waals surface area contributed by atoms with E-state index in [1.165, 1.54) is 0 Å². The quantitative estimate of drug-likeness (QED) is 0.603. The molecule has 0 heterocycles. The summed E-state index contributed by atoms with van der Waals surface area (Å²) in [6, 6.07) is 21.9. The molecule has 0 radical (unpaired) electrons. The molecule has 0 spiro atoms. The van der Waals surface area contributed by atoms with Crippen molar-refractivity contribution in [3.05, 3.63) is 83.9 Å². The fourth-order valence-corrected chi connectivity index (χ4v) is 2.94. The summed E-state index contributed by atoms with van der Waals surface area (Å²) in [5.41, 5.74) is 1.65. The number of aliphatic carboxylic acids is 1.